The van der Waals surface area contributed by atoms with Gasteiger partial charge in [-0.15, -0.1) is 0 Å². The van der Waals surface area contributed by atoms with E-state index in [4.69, 9.17) is 0 Å². The summed E-state index contributed by atoms with van der Waals surface area (Å²) in [5, 5.41) is 3.44. The predicted octanol–water partition coefficient (Wildman–Crippen LogP) is 1.88. The van der Waals surface area contributed by atoms with Gasteiger partial charge in [0, 0.05) is 13.1 Å². The number of carbonyl (C=O) groups is 1. The lowest BCUT2D eigenvalue weighted by Crippen LogP contribution is -2.49. The first kappa shape index (κ1) is 12.9. The van der Waals surface area contributed by atoms with Crippen molar-refractivity contribution in [1.82, 2.24) is 10.2 Å². The molecule has 1 saturated carbocycles. The molecule has 0 spiro atoms. The van der Waals surface area contributed by atoms with E-state index in [0.29, 0.717) is 23.8 Å². The highest BCUT2D eigenvalue weighted by Crippen LogP contribution is 2.38. The summed E-state index contributed by atoms with van der Waals surface area (Å²) in [6, 6.07) is 0.415. The highest BCUT2D eigenvalue weighted by Gasteiger charge is 2.43. The molecule has 3 nitrogen and oxygen atoms in total. The lowest BCUT2D eigenvalue weighted by Gasteiger charge is -2.31. The summed E-state index contributed by atoms with van der Waals surface area (Å²) >= 11 is 0. The summed E-state index contributed by atoms with van der Waals surface area (Å²) in [6.07, 6.45) is 3.85. The Morgan fingerprint density at radius 1 is 1.29 bits per heavy atom. The largest absolute Gasteiger partial charge is 0.341 e. The normalized spacial score (nSPS) is 33.8. The van der Waals surface area contributed by atoms with Gasteiger partial charge in [-0.05, 0) is 44.1 Å². The van der Waals surface area contributed by atoms with Crippen LogP contribution in [0.4, 0.5) is 0 Å². The van der Waals surface area contributed by atoms with Crippen LogP contribution in [0.15, 0.2) is 0 Å². The van der Waals surface area contributed by atoms with Gasteiger partial charge in [0.2, 0.25) is 5.91 Å². The average Bonchev–Trinajstić information content (AvgIpc) is 2.87. The number of nitrogens with one attached hydrogen (secondary N) is 1. The van der Waals surface area contributed by atoms with E-state index in [1.54, 1.807) is 0 Å². The highest BCUT2D eigenvalue weighted by molar-refractivity contribution is 5.82. The minimum atomic E-state index is 0.0914. The summed E-state index contributed by atoms with van der Waals surface area (Å²) in [7, 11) is 1.96. The zero-order valence-electron chi connectivity index (χ0n) is 11.6. The van der Waals surface area contributed by atoms with Crippen molar-refractivity contribution < 1.29 is 4.79 Å². The van der Waals surface area contributed by atoms with Crippen molar-refractivity contribution in [1.29, 1.82) is 0 Å². The first-order valence-electron chi connectivity index (χ1n) is 7.02. The van der Waals surface area contributed by atoms with Crippen LogP contribution in [-0.2, 0) is 4.79 Å². The van der Waals surface area contributed by atoms with Gasteiger partial charge in [0.25, 0.3) is 0 Å². The lowest BCUT2D eigenvalue weighted by molar-refractivity contribution is -0.135. The van der Waals surface area contributed by atoms with Crippen molar-refractivity contribution in [2.75, 3.05) is 13.6 Å². The van der Waals surface area contributed by atoms with Crippen molar-refractivity contribution in [3.8, 4) is 0 Å². The predicted molar refractivity (Wildman–Crippen MR) is 69.7 cm³/mol. The number of nitrogens with zero attached hydrogens (tertiary/aromatic N) is 1. The Hall–Kier alpha value is -0.570. The second kappa shape index (κ2) is 4.97. The van der Waals surface area contributed by atoms with E-state index in [9.17, 15) is 4.79 Å². The average molecular weight is 238 g/mol. The van der Waals surface area contributed by atoms with E-state index in [0.717, 1.165) is 12.5 Å². The lowest BCUT2D eigenvalue weighted by atomic mass is 9.92. The molecule has 1 N–H and O–H groups in total. The molecule has 4 unspecified atom stereocenters. The third-order valence-corrected chi connectivity index (χ3v) is 4.94. The molecular weight excluding hydrogens is 212 g/mol. The maximum atomic E-state index is 12.5. The molecule has 1 aliphatic heterocycles. The Balaban J connectivity index is 2.00. The van der Waals surface area contributed by atoms with Crippen LogP contribution in [0, 0.1) is 17.8 Å². The molecule has 1 amide bonds. The Bertz CT molecular complexity index is 290. The van der Waals surface area contributed by atoms with E-state index < -0.39 is 0 Å². The third-order valence-electron chi connectivity index (χ3n) is 4.94. The van der Waals surface area contributed by atoms with Gasteiger partial charge in [-0.3, -0.25) is 4.79 Å². The van der Waals surface area contributed by atoms with E-state index >= 15 is 0 Å². The standard InChI is InChI=1S/C14H26N2O/c1-9(2)10(3)16(4)14(17)13-12-7-5-6-11(12)8-15-13/h9-13,15H,5-8H2,1-4H3. The minimum Gasteiger partial charge on any atom is -0.341 e. The fourth-order valence-electron chi connectivity index (χ4n) is 3.33. The molecule has 1 saturated heterocycles. The fraction of sp³-hybridized carbons (Fsp3) is 0.929. The smallest absolute Gasteiger partial charge is 0.239 e. The van der Waals surface area contributed by atoms with Crippen molar-refractivity contribution >= 4 is 5.91 Å². The second-order valence-electron chi connectivity index (χ2n) is 6.17. The van der Waals surface area contributed by atoms with Gasteiger partial charge in [0.05, 0.1) is 6.04 Å². The van der Waals surface area contributed by atoms with E-state index in [1.807, 2.05) is 11.9 Å². The quantitative estimate of drug-likeness (QED) is 0.814. The maximum Gasteiger partial charge on any atom is 0.239 e. The Kier molecular flexibility index (Phi) is 3.76. The van der Waals surface area contributed by atoms with Crippen LogP contribution in [0.3, 0.4) is 0 Å². The second-order valence-corrected chi connectivity index (χ2v) is 6.17. The van der Waals surface area contributed by atoms with Gasteiger partial charge < -0.3 is 10.2 Å². The third kappa shape index (κ3) is 2.35. The molecule has 0 aromatic rings. The Morgan fingerprint density at radius 2 is 2.00 bits per heavy atom. The van der Waals surface area contributed by atoms with Crippen LogP contribution in [0.1, 0.15) is 40.0 Å². The molecule has 1 heterocycles. The molecule has 4 atom stereocenters. The molecule has 2 aliphatic rings. The van der Waals surface area contributed by atoms with Gasteiger partial charge >= 0.3 is 0 Å². The van der Waals surface area contributed by atoms with Crippen molar-refractivity contribution in [3.05, 3.63) is 0 Å². The summed E-state index contributed by atoms with van der Waals surface area (Å²) in [5.41, 5.74) is 0. The molecule has 0 radical (unpaired) electrons. The molecular formula is C14H26N2O. The molecule has 3 heteroatoms. The fourth-order valence-corrected chi connectivity index (χ4v) is 3.33. The van der Waals surface area contributed by atoms with Crippen LogP contribution < -0.4 is 5.32 Å². The van der Waals surface area contributed by atoms with Crippen LogP contribution in [-0.4, -0.2) is 36.5 Å². The van der Waals surface area contributed by atoms with Gasteiger partial charge in [-0.1, -0.05) is 20.3 Å². The number of amides is 1. The zero-order chi connectivity index (χ0) is 12.6. The SMILES string of the molecule is CC(C)C(C)N(C)C(=O)C1NCC2CCCC21. The van der Waals surface area contributed by atoms with Crippen LogP contribution in [0.5, 0.6) is 0 Å². The molecule has 1 aliphatic carbocycles. The number of fused-ring (bicyclic) bond motifs is 1. The molecule has 0 bridgehead atoms. The van der Waals surface area contributed by atoms with Crippen LogP contribution >= 0.6 is 0 Å². The number of hydrogen-bond acceptors (Lipinski definition) is 2. The van der Waals surface area contributed by atoms with Crippen LogP contribution in [0.25, 0.3) is 0 Å². The molecule has 2 fully saturated rings. The Morgan fingerprint density at radius 3 is 2.65 bits per heavy atom. The summed E-state index contributed by atoms with van der Waals surface area (Å²) in [5.74, 6) is 2.18. The van der Waals surface area contributed by atoms with Crippen LogP contribution in [0.2, 0.25) is 0 Å². The monoisotopic (exact) mass is 238 g/mol. The van der Waals surface area contributed by atoms with Gasteiger partial charge in [0.1, 0.15) is 0 Å². The summed E-state index contributed by atoms with van der Waals surface area (Å²) < 4.78 is 0. The molecule has 98 valence electrons. The molecule has 17 heavy (non-hydrogen) atoms. The maximum absolute atomic E-state index is 12.5. The zero-order valence-corrected chi connectivity index (χ0v) is 11.6. The van der Waals surface area contributed by atoms with Gasteiger partial charge in [0.15, 0.2) is 0 Å². The summed E-state index contributed by atoms with van der Waals surface area (Å²) in [6.45, 7) is 7.54. The van der Waals surface area contributed by atoms with E-state index in [2.05, 4.69) is 26.1 Å². The van der Waals surface area contributed by atoms with Crippen molar-refractivity contribution in [2.45, 2.75) is 52.1 Å². The Labute approximate surface area is 105 Å². The van der Waals surface area contributed by atoms with Gasteiger partial charge in [-0.2, -0.15) is 0 Å². The first-order valence-corrected chi connectivity index (χ1v) is 7.02. The molecule has 0 aromatic carbocycles. The van der Waals surface area contributed by atoms with E-state index in [-0.39, 0.29) is 6.04 Å². The van der Waals surface area contributed by atoms with E-state index in [1.165, 1.54) is 19.3 Å². The number of hydrogen-bond donors (Lipinski definition) is 1. The molecule has 0 aromatic heterocycles. The number of likely N-dealkylation sites (N-methyl/N-ethyl adjacent to an activating group) is 1. The first-order chi connectivity index (χ1) is 8.02. The van der Waals surface area contributed by atoms with Crippen molar-refractivity contribution in [2.24, 2.45) is 17.8 Å². The minimum absolute atomic E-state index is 0.0914. The topological polar surface area (TPSA) is 32.3 Å². The summed E-state index contributed by atoms with van der Waals surface area (Å²) in [4.78, 5) is 14.4. The number of rotatable bonds is 3. The number of carbonyl (C=O) groups excluding carboxylic acids is 1. The highest BCUT2D eigenvalue weighted by atomic mass is 16.2. The van der Waals surface area contributed by atoms with Crippen molar-refractivity contribution in [3.63, 3.8) is 0 Å². The van der Waals surface area contributed by atoms with Gasteiger partial charge in [-0.25, -0.2) is 0 Å². The molecule has 2 rings (SSSR count).